The molecule has 1 aromatic carbocycles. The van der Waals surface area contributed by atoms with Crippen LogP contribution in [0.1, 0.15) is 63.8 Å². The Labute approximate surface area is 296 Å². The number of nitriles is 1. The zero-order valence-corrected chi connectivity index (χ0v) is 30.2. The van der Waals surface area contributed by atoms with E-state index >= 15 is 0 Å². The van der Waals surface area contributed by atoms with Gasteiger partial charge in [0.2, 0.25) is 23.6 Å². The normalized spacial score (nSPS) is 19.4. The first-order valence-electron chi connectivity index (χ1n) is 16.1. The highest BCUT2D eigenvalue weighted by Gasteiger charge is 2.42. The molecule has 2 fully saturated rings. The Hall–Kier alpha value is -3.20. The number of thioether (sulfide) groups is 1. The van der Waals surface area contributed by atoms with E-state index in [9.17, 15) is 24.0 Å². The Morgan fingerprint density at radius 2 is 1.92 bits per heavy atom. The molecule has 0 spiro atoms. The maximum Gasteiger partial charge on any atom is 0.315 e. The van der Waals surface area contributed by atoms with Crippen LogP contribution in [-0.4, -0.2) is 87.9 Å². The maximum absolute atomic E-state index is 13.5. The molecular weight excluding hydrogens is 693 g/mol. The first-order chi connectivity index (χ1) is 23.2. The molecule has 6 amide bonds. The van der Waals surface area contributed by atoms with Crippen LogP contribution >= 0.6 is 44.7 Å². The number of thiazole rings is 1. The maximum atomic E-state index is 13.5. The minimum atomic E-state index is -0.881. The highest BCUT2D eigenvalue weighted by atomic mass is 33.1. The molecule has 2 aliphatic heterocycles. The number of benzene rings is 1. The molecule has 2 aliphatic rings. The third-order valence-electron chi connectivity index (χ3n) is 7.84. The van der Waals surface area contributed by atoms with Crippen LogP contribution in [0.4, 0.5) is 10.5 Å². The summed E-state index contributed by atoms with van der Waals surface area (Å²) in [4.78, 5) is 66.8. The van der Waals surface area contributed by atoms with Gasteiger partial charge in [-0.2, -0.15) is 17.0 Å². The van der Waals surface area contributed by atoms with E-state index in [1.807, 2.05) is 24.8 Å². The Morgan fingerprint density at radius 1 is 1.08 bits per heavy atom. The molecule has 0 bridgehead atoms. The van der Waals surface area contributed by atoms with Crippen LogP contribution in [0.5, 0.6) is 0 Å². The first-order valence-corrected chi connectivity index (χ1v) is 20.4. The van der Waals surface area contributed by atoms with E-state index in [0.717, 1.165) is 35.5 Å². The SMILES string of the molecule is CCSSCC(NC(C)=O)C(=O)NC(CCCCNC(=O)CCCCC1SCC2NC(=O)NC21)C(=O)Nc1ccc2nc(C#N)sc2c1. The molecule has 0 saturated carbocycles. The van der Waals surface area contributed by atoms with Gasteiger partial charge in [0.05, 0.1) is 22.3 Å². The number of urea groups is 1. The summed E-state index contributed by atoms with van der Waals surface area (Å²) < 4.78 is 0.752. The van der Waals surface area contributed by atoms with Gasteiger partial charge in [0.15, 0.2) is 5.01 Å². The number of nitrogens with zero attached hydrogens (tertiary/aromatic N) is 2. The lowest BCUT2D eigenvalue weighted by Gasteiger charge is -2.23. The summed E-state index contributed by atoms with van der Waals surface area (Å²) in [5, 5.41) is 27.1. The molecule has 4 rings (SSSR count). The molecule has 13 nitrogen and oxygen atoms in total. The van der Waals surface area contributed by atoms with Crippen LogP contribution < -0.4 is 31.9 Å². The van der Waals surface area contributed by atoms with Crippen molar-refractivity contribution >= 4 is 90.3 Å². The van der Waals surface area contributed by atoms with E-state index in [2.05, 4.69) is 36.9 Å². The number of amides is 6. The van der Waals surface area contributed by atoms with Crippen molar-refractivity contribution in [2.24, 2.45) is 0 Å². The molecule has 2 saturated heterocycles. The van der Waals surface area contributed by atoms with Gasteiger partial charge in [-0.15, -0.1) is 11.3 Å². The second-order valence-corrected chi connectivity index (χ2v) is 16.6. The zero-order chi connectivity index (χ0) is 34.5. The standard InChI is InChI=1S/C31H42N8O5S4/c1-3-46-47-17-23(34-18(2)40)30(43)37-21(29(42)35-19-11-12-20-25(14-19)48-27(15-32)36-20)8-6-7-13-33-26(41)10-5-4-9-24-28-22(16-45-24)38-31(44)39-28/h11-12,14,21-24,28H,3-10,13,16-17H2,1-2H3,(H,33,41)(H,34,40)(H,35,42)(H,37,43)(H2,38,39,44). The second kappa shape index (κ2) is 19.1. The predicted octanol–water partition coefficient (Wildman–Crippen LogP) is 3.51. The van der Waals surface area contributed by atoms with Crippen molar-refractivity contribution in [3.05, 3.63) is 23.2 Å². The number of unbranched alkanes of at least 4 members (excludes halogenated alkanes) is 2. The van der Waals surface area contributed by atoms with Crippen molar-refractivity contribution in [2.45, 2.75) is 88.2 Å². The van der Waals surface area contributed by atoms with Gasteiger partial charge in [-0.1, -0.05) is 34.9 Å². The van der Waals surface area contributed by atoms with E-state index in [1.165, 1.54) is 29.1 Å². The summed E-state index contributed by atoms with van der Waals surface area (Å²) in [5.74, 6) is 0.895. The smallest absolute Gasteiger partial charge is 0.315 e. The number of carbonyl (C=O) groups is 5. The molecule has 6 N–H and O–H groups in total. The number of hydrogen-bond acceptors (Lipinski definition) is 11. The number of hydrogen-bond donors (Lipinski definition) is 6. The molecule has 1 aromatic heterocycles. The quantitative estimate of drug-likeness (QED) is 0.0707. The summed E-state index contributed by atoms with van der Waals surface area (Å²) in [6.07, 6.45) is 4.55. The number of aromatic nitrogens is 1. The monoisotopic (exact) mass is 734 g/mol. The number of carbonyl (C=O) groups excluding carboxylic acids is 5. The van der Waals surface area contributed by atoms with Crippen LogP contribution in [0, 0.1) is 11.3 Å². The Balaban J connectivity index is 1.25. The van der Waals surface area contributed by atoms with Gasteiger partial charge >= 0.3 is 6.03 Å². The molecule has 0 radical (unpaired) electrons. The third-order valence-corrected chi connectivity index (χ3v) is 12.8. The highest BCUT2D eigenvalue weighted by molar-refractivity contribution is 8.76. The molecule has 0 aliphatic carbocycles. The van der Waals surface area contributed by atoms with Gasteiger partial charge < -0.3 is 31.9 Å². The van der Waals surface area contributed by atoms with Crippen molar-refractivity contribution in [1.29, 1.82) is 5.26 Å². The van der Waals surface area contributed by atoms with Crippen LogP contribution in [0.25, 0.3) is 10.2 Å². The van der Waals surface area contributed by atoms with Gasteiger partial charge in [-0.3, -0.25) is 19.2 Å². The summed E-state index contributed by atoms with van der Waals surface area (Å²) in [6, 6.07) is 5.78. The summed E-state index contributed by atoms with van der Waals surface area (Å²) >= 11 is 3.09. The van der Waals surface area contributed by atoms with Crippen LogP contribution in [0.3, 0.4) is 0 Å². The largest absolute Gasteiger partial charge is 0.356 e. The molecule has 2 aromatic rings. The van der Waals surface area contributed by atoms with E-state index in [-0.39, 0.29) is 29.9 Å². The topological polar surface area (TPSA) is 194 Å². The minimum absolute atomic E-state index is 0.0241. The predicted molar refractivity (Wildman–Crippen MR) is 194 cm³/mol. The lowest BCUT2D eigenvalue weighted by Crippen LogP contribution is -2.53. The fourth-order valence-electron chi connectivity index (χ4n) is 5.51. The molecule has 260 valence electrons. The number of rotatable bonds is 19. The van der Waals surface area contributed by atoms with Gasteiger partial charge in [0.1, 0.15) is 18.2 Å². The average molecular weight is 735 g/mol. The van der Waals surface area contributed by atoms with E-state index in [0.29, 0.717) is 59.4 Å². The number of anilines is 1. The second-order valence-electron chi connectivity index (χ2n) is 11.5. The molecule has 17 heteroatoms. The molecule has 3 heterocycles. The zero-order valence-electron chi connectivity index (χ0n) is 27.0. The Kier molecular flexibility index (Phi) is 15.0. The summed E-state index contributed by atoms with van der Waals surface area (Å²) in [6.45, 7) is 3.80. The number of nitrogens with one attached hydrogen (secondary N) is 6. The Bertz CT molecular complexity index is 1500. The fraction of sp³-hybridized carbons (Fsp3) is 0.581. The van der Waals surface area contributed by atoms with E-state index in [4.69, 9.17) is 5.26 Å². The summed E-state index contributed by atoms with van der Waals surface area (Å²) in [5.41, 5.74) is 1.17. The lowest BCUT2D eigenvalue weighted by molar-refractivity contribution is -0.130. The minimum Gasteiger partial charge on any atom is -0.356 e. The lowest BCUT2D eigenvalue weighted by atomic mass is 10.0. The van der Waals surface area contributed by atoms with Gasteiger partial charge in [0.25, 0.3) is 0 Å². The van der Waals surface area contributed by atoms with Crippen LogP contribution in [0.2, 0.25) is 0 Å². The summed E-state index contributed by atoms with van der Waals surface area (Å²) in [7, 11) is 3.05. The number of fused-ring (bicyclic) bond motifs is 2. The van der Waals surface area contributed by atoms with Crippen LogP contribution in [0.15, 0.2) is 18.2 Å². The van der Waals surface area contributed by atoms with Gasteiger partial charge in [0, 0.05) is 48.1 Å². The average Bonchev–Trinajstić information content (AvgIpc) is 3.75. The fourth-order valence-corrected chi connectivity index (χ4v) is 9.69. The molecular formula is C31H42N8O5S4. The first kappa shape index (κ1) is 37.6. The van der Waals surface area contributed by atoms with Gasteiger partial charge in [-0.05, 0) is 50.3 Å². The Morgan fingerprint density at radius 3 is 2.69 bits per heavy atom. The van der Waals surface area contributed by atoms with Crippen molar-refractivity contribution in [2.75, 3.05) is 29.1 Å². The highest BCUT2D eigenvalue weighted by Crippen LogP contribution is 2.33. The van der Waals surface area contributed by atoms with E-state index in [1.54, 1.807) is 29.0 Å². The van der Waals surface area contributed by atoms with Crippen molar-refractivity contribution in [3.63, 3.8) is 0 Å². The van der Waals surface area contributed by atoms with Crippen LogP contribution in [-0.2, 0) is 19.2 Å². The third kappa shape index (κ3) is 11.5. The molecule has 5 atom stereocenters. The van der Waals surface area contributed by atoms with E-state index < -0.39 is 23.9 Å². The van der Waals surface area contributed by atoms with Gasteiger partial charge in [-0.25, -0.2) is 9.78 Å². The van der Waals surface area contributed by atoms with Crippen molar-refractivity contribution in [1.82, 2.24) is 31.6 Å². The van der Waals surface area contributed by atoms with Crippen molar-refractivity contribution in [3.8, 4) is 6.07 Å². The molecule has 5 unspecified atom stereocenters. The van der Waals surface area contributed by atoms with Crippen molar-refractivity contribution < 1.29 is 24.0 Å². The molecule has 48 heavy (non-hydrogen) atoms.